The van der Waals surface area contributed by atoms with Gasteiger partial charge in [0.25, 0.3) is 0 Å². The fraction of sp³-hybridized carbons (Fsp3) is 0.800. The van der Waals surface area contributed by atoms with Crippen LogP contribution < -0.4 is 5.73 Å². The highest BCUT2D eigenvalue weighted by molar-refractivity contribution is 5.12. The molecule has 0 aliphatic carbocycles. The van der Waals surface area contributed by atoms with Crippen LogP contribution in [0.3, 0.4) is 0 Å². The van der Waals surface area contributed by atoms with Crippen molar-refractivity contribution in [3.8, 4) is 0 Å². The molecule has 1 heterocycles. The molecule has 0 bridgehead atoms. The molecule has 2 N–H and O–H groups in total. The SMILES string of the molecule is CCCn1cc(C(CN)N(CCOC)C(C)CC)cn1. The summed E-state index contributed by atoms with van der Waals surface area (Å²) < 4.78 is 7.24. The van der Waals surface area contributed by atoms with Crippen molar-refractivity contribution in [2.24, 2.45) is 5.73 Å². The summed E-state index contributed by atoms with van der Waals surface area (Å²) in [5, 5.41) is 4.43. The number of rotatable bonds is 10. The lowest BCUT2D eigenvalue weighted by molar-refractivity contribution is 0.0902. The molecule has 0 radical (unpaired) electrons. The number of hydrogen-bond acceptors (Lipinski definition) is 4. The zero-order chi connectivity index (χ0) is 15.0. The Bertz CT molecular complexity index is 367. The van der Waals surface area contributed by atoms with Crippen molar-refractivity contribution in [3.63, 3.8) is 0 Å². The minimum Gasteiger partial charge on any atom is -0.383 e. The normalized spacial score (nSPS) is 14.7. The zero-order valence-corrected chi connectivity index (χ0v) is 13.4. The summed E-state index contributed by atoms with van der Waals surface area (Å²) >= 11 is 0. The Balaban J connectivity index is 2.86. The second-order valence-corrected chi connectivity index (χ2v) is 5.28. The number of aryl methyl sites for hydroxylation is 1. The molecular weight excluding hydrogens is 252 g/mol. The van der Waals surface area contributed by atoms with Crippen molar-refractivity contribution >= 4 is 0 Å². The summed E-state index contributed by atoms with van der Waals surface area (Å²) in [6.45, 7) is 9.79. The van der Waals surface area contributed by atoms with Crippen LogP contribution in [-0.2, 0) is 11.3 Å². The van der Waals surface area contributed by atoms with E-state index in [0.29, 0.717) is 12.6 Å². The van der Waals surface area contributed by atoms with Crippen LogP contribution in [0.15, 0.2) is 12.4 Å². The monoisotopic (exact) mass is 282 g/mol. The molecule has 0 aliphatic rings. The largest absolute Gasteiger partial charge is 0.383 e. The first-order valence-corrected chi connectivity index (χ1v) is 7.64. The molecule has 5 nitrogen and oxygen atoms in total. The highest BCUT2D eigenvalue weighted by atomic mass is 16.5. The fourth-order valence-corrected chi connectivity index (χ4v) is 2.48. The first-order valence-electron chi connectivity index (χ1n) is 7.64. The molecule has 0 fully saturated rings. The Morgan fingerprint density at radius 2 is 2.20 bits per heavy atom. The minimum atomic E-state index is 0.214. The van der Waals surface area contributed by atoms with Gasteiger partial charge in [0, 0.05) is 44.5 Å². The van der Waals surface area contributed by atoms with Crippen LogP contribution in [-0.4, -0.2) is 47.5 Å². The van der Waals surface area contributed by atoms with Gasteiger partial charge in [-0.2, -0.15) is 5.10 Å². The number of hydrogen-bond donors (Lipinski definition) is 1. The van der Waals surface area contributed by atoms with Crippen molar-refractivity contribution in [1.82, 2.24) is 14.7 Å². The third-order valence-electron chi connectivity index (χ3n) is 3.82. The third-order valence-corrected chi connectivity index (χ3v) is 3.82. The van der Waals surface area contributed by atoms with Gasteiger partial charge in [-0.15, -0.1) is 0 Å². The van der Waals surface area contributed by atoms with Crippen molar-refractivity contribution in [2.45, 2.75) is 52.2 Å². The molecule has 1 aromatic heterocycles. The van der Waals surface area contributed by atoms with Gasteiger partial charge in [0.2, 0.25) is 0 Å². The Hall–Kier alpha value is -0.910. The maximum atomic E-state index is 6.03. The van der Waals surface area contributed by atoms with E-state index < -0.39 is 0 Å². The van der Waals surface area contributed by atoms with E-state index in [1.54, 1.807) is 7.11 Å². The molecule has 0 amide bonds. The van der Waals surface area contributed by atoms with Crippen molar-refractivity contribution in [3.05, 3.63) is 18.0 Å². The molecule has 20 heavy (non-hydrogen) atoms. The van der Waals surface area contributed by atoms with E-state index in [0.717, 1.165) is 32.5 Å². The van der Waals surface area contributed by atoms with E-state index in [4.69, 9.17) is 10.5 Å². The van der Waals surface area contributed by atoms with E-state index in [2.05, 4.69) is 37.0 Å². The van der Waals surface area contributed by atoms with Crippen molar-refractivity contribution in [2.75, 3.05) is 26.8 Å². The Morgan fingerprint density at radius 3 is 2.75 bits per heavy atom. The number of methoxy groups -OCH3 is 1. The maximum absolute atomic E-state index is 6.03. The quantitative estimate of drug-likeness (QED) is 0.713. The van der Waals surface area contributed by atoms with Gasteiger partial charge in [0.15, 0.2) is 0 Å². The second-order valence-electron chi connectivity index (χ2n) is 5.28. The summed E-state index contributed by atoms with van der Waals surface area (Å²) in [7, 11) is 1.74. The third kappa shape index (κ3) is 4.58. The van der Waals surface area contributed by atoms with E-state index >= 15 is 0 Å². The molecule has 5 heteroatoms. The molecule has 0 saturated carbocycles. The minimum absolute atomic E-state index is 0.214. The number of aromatic nitrogens is 2. The molecule has 1 rings (SSSR count). The molecule has 0 aliphatic heterocycles. The maximum Gasteiger partial charge on any atom is 0.0590 e. The number of nitrogens with zero attached hydrogens (tertiary/aromatic N) is 3. The van der Waals surface area contributed by atoms with E-state index in [-0.39, 0.29) is 6.04 Å². The number of ether oxygens (including phenoxy) is 1. The summed E-state index contributed by atoms with van der Waals surface area (Å²) in [4.78, 5) is 2.43. The average molecular weight is 282 g/mol. The molecule has 0 aromatic carbocycles. The molecule has 0 spiro atoms. The Kier molecular flexibility index (Phi) is 7.80. The molecule has 2 unspecified atom stereocenters. The fourth-order valence-electron chi connectivity index (χ4n) is 2.48. The average Bonchev–Trinajstić information content (AvgIpc) is 2.91. The zero-order valence-electron chi connectivity index (χ0n) is 13.4. The lowest BCUT2D eigenvalue weighted by Gasteiger charge is -2.35. The van der Waals surface area contributed by atoms with E-state index in [1.807, 2.05) is 10.9 Å². The summed E-state index contributed by atoms with van der Waals surface area (Å²) in [6.07, 6.45) is 6.27. The van der Waals surface area contributed by atoms with Gasteiger partial charge in [-0.05, 0) is 19.8 Å². The van der Waals surface area contributed by atoms with Gasteiger partial charge in [0.1, 0.15) is 0 Å². The first-order chi connectivity index (χ1) is 9.67. The van der Waals surface area contributed by atoms with Crippen molar-refractivity contribution < 1.29 is 4.74 Å². The molecular formula is C15H30N4O. The van der Waals surface area contributed by atoms with Gasteiger partial charge in [-0.3, -0.25) is 9.58 Å². The lowest BCUT2D eigenvalue weighted by Crippen LogP contribution is -2.41. The highest BCUT2D eigenvalue weighted by Gasteiger charge is 2.24. The predicted octanol–water partition coefficient (Wildman–Crippen LogP) is 2.04. The van der Waals surface area contributed by atoms with Gasteiger partial charge in [-0.1, -0.05) is 13.8 Å². The van der Waals surface area contributed by atoms with E-state index in [1.165, 1.54) is 5.56 Å². The molecule has 1 aromatic rings. The number of nitrogens with two attached hydrogens (primary N) is 1. The van der Waals surface area contributed by atoms with Crippen LogP contribution in [0.1, 0.15) is 45.2 Å². The summed E-state index contributed by atoms with van der Waals surface area (Å²) in [6, 6.07) is 0.693. The molecule has 2 atom stereocenters. The summed E-state index contributed by atoms with van der Waals surface area (Å²) in [5.74, 6) is 0. The van der Waals surface area contributed by atoms with Crippen molar-refractivity contribution in [1.29, 1.82) is 0 Å². The van der Waals surface area contributed by atoms with Crippen LogP contribution in [0.25, 0.3) is 0 Å². The van der Waals surface area contributed by atoms with Gasteiger partial charge in [0.05, 0.1) is 18.8 Å². The topological polar surface area (TPSA) is 56.3 Å². The van der Waals surface area contributed by atoms with Gasteiger partial charge in [-0.25, -0.2) is 0 Å². The standard InChI is InChI=1S/C15H30N4O/c1-5-7-18-12-14(11-17-18)15(10-16)19(8-9-20-4)13(3)6-2/h11-13,15H,5-10,16H2,1-4H3. The summed E-state index contributed by atoms with van der Waals surface area (Å²) in [5.41, 5.74) is 7.24. The van der Waals surface area contributed by atoms with Crippen LogP contribution in [0.4, 0.5) is 0 Å². The van der Waals surface area contributed by atoms with Crippen LogP contribution in [0.2, 0.25) is 0 Å². The Morgan fingerprint density at radius 1 is 1.45 bits per heavy atom. The first kappa shape index (κ1) is 17.1. The van der Waals surface area contributed by atoms with Crippen LogP contribution in [0.5, 0.6) is 0 Å². The highest BCUT2D eigenvalue weighted by Crippen LogP contribution is 2.22. The predicted molar refractivity (Wildman–Crippen MR) is 82.6 cm³/mol. The smallest absolute Gasteiger partial charge is 0.0590 e. The van der Waals surface area contributed by atoms with Gasteiger partial charge >= 0.3 is 0 Å². The molecule has 0 saturated heterocycles. The Labute approximate surface area is 123 Å². The second kappa shape index (κ2) is 9.10. The van der Waals surface area contributed by atoms with Crippen LogP contribution >= 0.6 is 0 Å². The van der Waals surface area contributed by atoms with Crippen LogP contribution in [0, 0.1) is 0 Å². The van der Waals surface area contributed by atoms with E-state index in [9.17, 15) is 0 Å². The molecule has 116 valence electrons. The lowest BCUT2D eigenvalue weighted by atomic mass is 10.1. The van der Waals surface area contributed by atoms with Gasteiger partial charge < -0.3 is 10.5 Å².